The molecule has 0 saturated carbocycles. The van der Waals surface area contributed by atoms with Crippen LogP contribution in [0, 0.1) is 0 Å². The number of nitrogens with one attached hydrogen (secondary N) is 1. The summed E-state index contributed by atoms with van der Waals surface area (Å²) in [6.07, 6.45) is 0. The van der Waals surface area contributed by atoms with E-state index in [1.807, 2.05) is 30.3 Å². The normalized spacial score (nSPS) is 14.2. The van der Waals surface area contributed by atoms with Gasteiger partial charge in [-0.3, -0.25) is 9.59 Å². The molecule has 0 aliphatic heterocycles. The first-order chi connectivity index (χ1) is 9.68. The Hall–Kier alpha value is -2.33. The van der Waals surface area contributed by atoms with Crippen LogP contribution < -0.4 is 5.32 Å². The maximum absolute atomic E-state index is 12.5. The van der Waals surface area contributed by atoms with Crippen LogP contribution in [0.3, 0.4) is 0 Å². The van der Waals surface area contributed by atoms with Crippen LogP contribution in [0.15, 0.2) is 65.2 Å². The van der Waals surface area contributed by atoms with Crippen LogP contribution in [0.2, 0.25) is 0 Å². The van der Waals surface area contributed by atoms with Crippen molar-refractivity contribution in [3.05, 3.63) is 76.3 Å². The summed E-state index contributed by atoms with van der Waals surface area (Å²) in [7, 11) is 0. The zero-order valence-electron chi connectivity index (χ0n) is 10.5. The number of ketones is 2. The largest absolute Gasteiger partial charge is 0.351 e. The fraction of sp³-hybridized carbons (Fsp3) is 0. The first-order valence-electron chi connectivity index (χ1n) is 6.12. The Morgan fingerprint density at radius 1 is 0.750 bits per heavy atom. The summed E-state index contributed by atoms with van der Waals surface area (Å²) in [5.74, 6) is -0.448. The molecule has 1 aliphatic rings. The van der Waals surface area contributed by atoms with Gasteiger partial charge in [-0.1, -0.05) is 42.5 Å². The third-order valence-electron chi connectivity index (χ3n) is 3.14. The third-order valence-corrected chi connectivity index (χ3v) is 3.57. The summed E-state index contributed by atoms with van der Waals surface area (Å²) in [6, 6.07) is 16.0. The third kappa shape index (κ3) is 2.04. The molecule has 0 aromatic heterocycles. The number of para-hydroxylation sites is 1. The number of anilines is 1. The molecule has 98 valence electrons. The van der Waals surface area contributed by atoms with Crippen molar-refractivity contribution < 1.29 is 9.59 Å². The molecule has 1 N–H and O–H groups in total. The Balaban J connectivity index is 2.06. The molecule has 2 aromatic carbocycles. The van der Waals surface area contributed by atoms with Gasteiger partial charge in [0.15, 0.2) is 0 Å². The zero-order chi connectivity index (χ0) is 14.1. The second-order valence-electron chi connectivity index (χ2n) is 4.42. The molecule has 4 heteroatoms. The lowest BCUT2D eigenvalue weighted by Crippen LogP contribution is -2.24. The van der Waals surface area contributed by atoms with E-state index in [0.717, 1.165) is 5.69 Å². The molecule has 0 radical (unpaired) electrons. The first kappa shape index (κ1) is 12.7. The summed E-state index contributed by atoms with van der Waals surface area (Å²) >= 11 is 4.21. The minimum atomic E-state index is -0.234. The number of thiol groups is 1. The standard InChI is InChI=1S/C16H11NO2S/c18-14-11-8-4-5-9-12(11)15(19)16(20)13(14)17-10-6-2-1-3-7-10/h1-9,17,20H. The Kier molecular flexibility index (Phi) is 3.16. The van der Waals surface area contributed by atoms with Gasteiger partial charge in [0, 0.05) is 16.8 Å². The predicted molar refractivity (Wildman–Crippen MR) is 81.2 cm³/mol. The molecule has 0 fully saturated rings. The van der Waals surface area contributed by atoms with Crippen molar-refractivity contribution in [2.75, 3.05) is 5.32 Å². The SMILES string of the molecule is O=C1C(S)=C(Nc2ccccc2)C(=O)c2ccccc21. The minimum absolute atomic E-state index is 0.151. The summed E-state index contributed by atoms with van der Waals surface area (Å²) < 4.78 is 0. The molecule has 1 aliphatic carbocycles. The highest BCUT2D eigenvalue weighted by Crippen LogP contribution is 2.28. The van der Waals surface area contributed by atoms with Crippen LogP contribution in [-0.4, -0.2) is 11.6 Å². The molecule has 2 aromatic rings. The number of hydrogen-bond acceptors (Lipinski definition) is 4. The number of hydrogen-bond donors (Lipinski definition) is 2. The minimum Gasteiger partial charge on any atom is -0.351 e. The van der Waals surface area contributed by atoms with Crippen molar-refractivity contribution in [3.8, 4) is 0 Å². The monoisotopic (exact) mass is 281 g/mol. The molecule has 0 spiro atoms. The highest BCUT2D eigenvalue weighted by atomic mass is 32.1. The molecule has 0 unspecified atom stereocenters. The van der Waals surface area contributed by atoms with E-state index in [-0.39, 0.29) is 22.2 Å². The molecule has 20 heavy (non-hydrogen) atoms. The molecule has 0 amide bonds. The van der Waals surface area contributed by atoms with Crippen molar-refractivity contribution in [3.63, 3.8) is 0 Å². The van der Waals surface area contributed by atoms with Crippen molar-refractivity contribution in [2.45, 2.75) is 0 Å². The lowest BCUT2D eigenvalue weighted by Gasteiger charge is -2.19. The van der Waals surface area contributed by atoms with E-state index in [1.54, 1.807) is 24.3 Å². The molecule has 0 bridgehead atoms. The fourth-order valence-corrected chi connectivity index (χ4v) is 2.42. The van der Waals surface area contributed by atoms with Gasteiger partial charge in [0.2, 0.25) is 11.6 Å². The van der Waals surface area contributed by atoms with Crippen molar-refractivity contribution in [2.24, 2.45) is 0 Å². The highest BCUT2D eigenvalue weighted by molar-refractivity contribution is 7.85. The smallest absolute Gasteiger partial charge is 0.211 e. The van der Waals surface area contributed by atoms with Gasteiger partial charge in [0.05, 0.1) is 4.91 Å². The van der Waals surface area contributed by atoms with Gasteiger partial charge in [-0.25, -0.2) is 0 Å². The van der Waals surface area contributed by atoms with Crippen LogP contribution in [0.4, 0.5) is 5.69 Å². The number of fused-ring (bicyclic) bond motifs is 1. The van der Waals surface area contributed by atoms with E-state index in [0.29, 0.717) is 11.1 Å². The molecule has 0 atom stereocenters. The summed E-state index contributed by atoms with van der Waals surface area (Å²) in [4.78, 5) is 24.8. The maximum atomic E-state index is 12.5. The molecule has 0 heterocycles. The Labute approximate surface area is 121 Å². The Morgan fingerprint density at radius 2 is 1.30 bits per heavy atom. The van der Waals surface area contributed by atoms with Gasteiger partial charge in [-0.15, -0.1) is 12.6 Å². The van der Waals surface area contributed by atoms with E-state index in [4.69, 9.17) is 0 Å². The molecule has 0 saturated heterocycles. The Bertz CT molecular complexity index is 735. The van der Waals surface area contributed by atoms with Crippen LogP contribution >= 0.6 is 12.6 Å². The van der Waals surface area contributed by atoms with Gasteiger partial charge in [-0.2, -0.15) is 0 Å². The average molecular weight is 281 g/mol. The van der Waals surface area contributed by atoms with Crippen LogP contribution in [0.1, 0.15) is 20.7 Å². The number of rotatable bonds is 2. The molecular formula is C16H11NO2S. The maximum Gasteiger partial charge on any atom is 0.211 e. The van der Waals surface area contributed by atoms with Gasteiger partial charge in [0.25, 0.3) is 0 Å². The number of Topliss-reactive ketones (excluding diaryl/α,β-unsaturated/α-hetero) is 2. The van der Waals surface area contributed by atoms with E-state index in [9.17, 15) is 9.59 Å². The predicted octanol–water partition coefficient (Wildman–Crippen LogP) is 3.32. The molecule has 3 rings (SSSR count). The summed E-state index contributed by atoms with van der Waals surface area (Å²) in [5.41, 5.74) is 1.78. The Morgan fingerprint density at radius 3 is 1.95 bits per heavy atom. The number of benzene rings is 2. The molecule has 3 nitrogen and oxygen atoms in total. The average Bonchev–Trinajstić information content (AvgIpc) is 2.50. The lowest BCUT2D eigenvalue weighted by atomic mass is 9.92. The quantitative estimate of drug-likeness (QED) is 0.830. The fourth-order valence-electron chi connectivity index (χ4n) is 2.14. The second-order valence-corrected chi connectivity index (χ2v) is 4.87. The lowest BCUT2D eigenvalue weighted by molar-refractivity contribution is 0.0982. The second kappa shape index (κ2) is 4.98. The topological polar surface area (TPSA) is 46.2 Å². The van der Waals surface area contributed by atoms with E-state index in [2.05, 4.69) is 17.9 Å². The molecular weight excluding hydrogens is 270 g/mol. The number of carbonyl (C=O) groups is 2. The van der Waals surface area contributed by atoms with Crippen LogP contribution in [0.25, 0.3) is 0 Å². The summed E-state index contributed by atoms with van der Waals surface area (Å²) in [6.45, 7) is 0. The van der Waals surface area contributed by atoms with Gasteiger partial charge < -0.3 is 5.32 Å². The number of allylic oxidation sites excluding steroid dienone is 2. The van der Waals surface area contributed by atoms with E-state index in [1.165, 1.54) is 0 Å². The van der Waals surface area contributed by atoms with Crippen molar-refractivity contribution >= 4 is 29.9 Å². The van der Waals surface area contributed by atoms with E-state index >= 15 is 0 Å². The number of carbonyl (C=O) groups excluding carboxylic acids is 2. The van der Waals surface area contributed by atoms with Gasteiger partial charge >= 0.3 is 0 Å². The van der Waals surface area contributed by atoms with Crippen LogP contribution in [0.5, 0.6) is 0 Å². The van der Waals surface area contributed by atoms with Crippen molar-refractivity contribution in [1.29, 1.82) is 0 Å². The summed E-state index contributed by atoms with van der Waals surface area (Å²) in [5, 5.41) is 2.98. The van der Waals surface area contributed by atoms with Crippen LogP contribution in [-0.2, 0) is 0 Å². The van der Waals surface area contributed by atoms with Crippen molar-refractivity contribution in [1.82, 2.24) is 0 Å². The zero-order valence-corrected chi connectivity index (χ0v) is 11.4. The van der Waals surface area contributed by atoms with Gasteiger partial charge in [0.1, 0.15) is 5.70 Å². The highest BCUT2D eigenvalue weighted by Gasteiger charge is 2.30. The van der Waals surface area contributed by atoms with E-state index < -0.39 is 0 Å². The van der Waals surface area contributed by atoms with Gasteiger partial charge in [-0.05, 0) is 12.1 Å². The first-order valence-corrected chi connectivity index (χ1v) is 6.57.